The zero-order chi connectivity index (χ0) is 21.6. The molecule has 0 heterocycles. The van der Waals surface area contributed by atoms with Crippen LogP contribution < -0.4 is 10.2 Å². The molecule has 2 rings (SSSR count). The minimum absolute atomic E-state index is 0.0232. The van der Waals surface area contributed by atoms with E-state index in [-0.39, 0.29) is 11.8 Å². The molecule has 0 aliphatic heterocycles. The highest BCUT2D eigenvalue weighted by atomic mass is 16.2. The van der Waals surface area contributed by atoms with Crippen molar-refractivity contribution in [2.45, 2.75) is 40.7 Å². The van der Waals surface area contributed by atoms with Crippen LogP contribution in [0.5, 0.6) is 0 Å². The zero-order valence-corrected chi connectivity index (χ0v) is 18.5. The van der Waals surface area contributed by atoms with Crippen LogP contribution in [0.3, 0.4) is 0 Å². The first-order valence-corrected chi connectivity index (χ1v) is 10.2. The van der Waals surface area contributed by atoms with Crippen molar-refractivity contribution in [2.75, 3.05) is 30.9 Å². The molecular formula is C24H33N3O2. The van der Waals surface area contributed by atoms with Gasteiger partial charge in [0.2, 0.25) is 5.91 Å². The molecule has 0 aliphatic carbocycles. The highest BCUT2D eigenvalue weighted by molar-refractivity contribution is 5.94. The van der Waals surface area contributed by atoms with Gasteiger partial charge in [-0.3, -0.25) is 9.59 Å². The van der Waals surface area contributed by atoms with Crippen molar-refractivity contribution in [3.05, 3.63) is 59.2 Å². The lowest BCUT2D eigenvalue weighted by Crippen LogP contribution is -2.34. The van der Waals surface area contributed by atoms with Crippen molar-refractivity contribution in [2.24, 2.45) is 5.92 Å². The quantitative estimate of drug-likeness (QED) is 0.704. The molecule has 29 heavy (non-hydrogen) atoms. The third-order valence-corrected chi connectivity index (χ3v) is 4.67. The van der Waals surface area contributed by atoms with Gasteiger partial charge in [0.1, 0.15) is 0 Å². The van der Waals surface area contributed by atoms with Crippen molar-refractivity contribution in [3.8, 4) is 0 Å². The molecule has 1 N–H and O–H groups in total. The first kappa shape index (κ1) is 22.5. The molecule has 156 valence electrons. The molecule has 0 aliphatic rings. The first-order chi connectivity index (χ1) is 13.7. The molecule has 2 aromatic carbocycles. The number of carbonyl (C=O) groups excluding carboxylic acids is 2. The van der Waals surface area contributed by atoms with Crippen molar-refractivity contribution in [3.63, 3.8) is 0 Å². The van der Waals surface area contributed by atoms with Crippen LogP contribution in [0, 0.1) is 12.8 Å². The van der Waals surface area contributed by atoms with E-state index in [4.69, 9.17) is 0 Å². The number of anilines is 2. The van der Waals surface area contributed by atoms with E-state index in [0.29, 0.717) is 31.0 Å². The molecule has 0 bridgehead atoms. The molecule has 0 fully saturated rings. The Morgan fingerprint density at radius 3 is 2.38 bits per heavy atom. The number of nitrogens with zero attached hydrogens (tertiary/aromatic N) is 2. The lowest BCUT2D eigenvalue weighted by Gasteiger charge is -2.28. The SMILES string of the molecule is CCC(=O)Nc1ccc(N(C)C)c(CN(CC(C)C)C(=O)c2cccc(C)c2)c1. The summed E-state index contributed by atoms with van der Waals surface area (Å²) in [5.41, 5.74) is 4.56. The molecule has 0 atom stereocenters. The molecule has 5 heteroatoms. The van der Waals surface area contributed by atoms with Crippen LogP contribution in [-0.4, -0.2) is 37.4 Å². The number of aryl methyl sites for hydroxylation is 1. The second kappa shape index (κ2) is 10.1. The number of hydrogen-bond donors (Lipinski definition) is 1. The van der Waals surface area contributed by atoms with Gasteiger partial charge in [-0.25, -0.2) is 0 Å². The molecule has 0 saturated heterocycles. The summed E-state index contributed by atoms with van der Waals surface area (Å²) in [6, 6.07) is 13.6. The van der Waals surface area contributed by atoms with Crippen molar-refractivity contribution >= 4 is 23.2 Å². The van der Waals surface area contributed by atoms with Gasteiger partial charge in [0, 0.05) is 50.5 Å². The molecule has 5 nitrogen and oxygen atoms in total. The lowest BCUT2D eigenvalue weighted by molar-refractivity contribution is -0.115. The minimum atomic E-state index is -0.0246. The predicted octanol–water partition coefficient (Wildman–Crippen LogP) is 4.71. The van der Waals surface area contributed by atoms with Crippen LogP contribution in [0.15, 0.2) is 42.5 Å². The van der Waals surface area contributed by atoms with E-state index < -0.39 is 0 Å². The Labute approximate surface area is 174 Å². The highest BCUT2D eigenvalue weighted by Crippen LogP contribution is 2.26. The van der Waals surface area contributed by atoms with E-state index in [0.717, 1.165) is 22.5 Å². The van der Waals surface area contributed by atoms with Gasteiger partial charge in [0.25, 0.3) is 5.91 Å². The maximum Gasteiger partial charge on any atom is 0.254 e. The second-order valence-corrected chi connectivity index (χ2v) is 8.09. The molecule has 2 aromatic rings. The lowest BCUT2D eigenvalue weighted by atomic mass is 10.1. The average Bonchev–Trinajstić information content (AvgIpc) is 2.66. The molecule has 0 aromatic heterocycles. The largest absolute Gasteiger partial charge is 0.377 e. The second-order valence-electron chi connectivity index (χ2n) is 8.09. The summed E-state index contributed by atoms with van der Waals surface area (Å²) in [5, 5.41) is 2.92. The van der Waals surface area contributed by atoms with Crippen LogP contribution in [0.25, 0.3) is 0 Å². The standard InChI is InChI=1S/C24H33N3O2/c1-7-23(28)25-21-11-12-22(26(5)6)20(14-21)16-27(15-17(2)3)24(29)19-10-8-9-18(4)13-19/h8-14,17H,7,15-16H2,1-6H3,(H,25,28). The summed E-state index contributed by atoms with van der Waals surface area (Å²) in [6.07, 6.45) is 0.427. The summed E-state index contributed by atoms with van der Waals surface area (Å²) >= 11 is 0. The molecule has 0 spiro atoms. The van der Waals surface area contributed by atoms with E-state index in [1.54, 1.807) is 0 Å². The minimum Gasteiger partial charge on any atom is -0.377 e. The van der Waals surface area contributed by atoms with Gasteiger partial charge in [-0.2, -0.15) is 0 Å². The summed E-state index contributed by atoms with van der Waals surface area (Å²) in [7, 11) is 3.97. The summed E-state index contributed by atoms with van der Waals surface area (Å²) in [6.45, 7) is 9.19. The molecule has 0 saturated carbocycles. The normalized spacial score (nSPS) is 10.7. The van der Waals surface area contributed by atoms with E-state index in [9.17, 15) is 9.59 Å². The number of carbonyl (C=O) groups is 2. The van der Waals surface area contributed by atoms with Gasteiger partial charge in [-0.1, -0.05) is 38.5 Å². The van der Waals surface area contributed by atoms with Crippen LogP contribution in [0.1, 0.15) is 48.7 Å². The topological polar surface area (TPSA) is 52.7 Å². The van der Waals surface area contributed by atoms with Crippen molar-refractivity contribution in [1.29, 1.82) is 0 Å². The van der Waals surface area contributed by atoms with Crippen LogP contribution in [0.2, 0.25) is 0 Å². The Kier molecular flexibility index (Phi) is 7.82. The fraction of sp³-hybridized carbons (Fsp3) is 0.417. The molecular weight excluding hydrogens is 362 g/mol. The number of benzene rings is 2. The summed E-state index contributed by atoms with van der Waals surface area (Å²) in [5.74, 6) is 0.341. The van der Waals surface area contributed by atoms with Gasteiger partial charge in [-0.15, -0.1) is 0 Å². The number of rotatable bonds is 8. The molecule has 0 radical (unpaired) electrons. The average molecular weight is 396 g/mol. The molecule has 2 amide bonds. The highest BCUT2D eigenvalue weighted by Gasteiger charge is 2.20. The van der Waals surface area contributed by atoms with Crippen LogP contribution in [-0.2, 0) is 11.3 Å². The van der Waals surface area contributed by atoms with Gasteiger partial charge in [0.15, 0.2) is 0 Å². The van der Waals surface area contributed by atoms with E-state index in [1.807, 2.05) is 80.2 Å². The van der Waals surface area contributed by atoms with Gasteiger partial charge in [0.05, 0.1) is 0 Å². The number of nitrogens with one attached hydrogen (secondary N) is 1. The first-order valence-electron chi connectivity index (χ1n) is 10.2. The Hall–Kier alpha value is -2.82. The maximum absolute atomic E-state index is 13.3. The van der Waals surface area contributed by atoms with E-state index in [1.165, 1.54) is 0 Å². The van der Waals surface area contributed by atoms with Crippen LogP contribution >= 0.6 is 0 Å². The van der Waals surface area contributed by atoms with Crippen molar-refractivity contribution in [1.82, 2.24) is 4.90 Å². The fourth-order valence-corrected chi connectivity index (χ4v) is 3.30. The Morgan fingerprint density at radius 1 is 1.07 bits per heavy atom. The third-order valence-electron chi connectivity index (χ3n) is 4.67. The fourth-order valence-electron chi connectivity index (χ4n) is 3.30. The Morgan fingerprint density at radius 2 is 1.79 bits per heavy atom. The summed E-state index contributed by atoms with van der Waals surface area (Å²) in [4.78, 5) is 29.0. The number of hydrogen-bond acceptors (Lipinski definition) is 3. The van der Waals surface area contributed by atoms with Gasteiger partial charge in [-0.05, 0) is 48.7 Å². The van der Waals surface area contributed by atoms with Crippen molar-refractivity contribution < 1.29 is 9.59 Å². The molecule has 0 unspecified atom stereocenters. The smallest absolute Gasteiger partial charge is 0.254 e. The van der Waals surface area contributed by atoms with Crippen LogP contribution in [0.4, 0.5) is 11.4 Å². The van der Waals surface area contributed by atoms with E-state index >= 15 is 0 Å². The third kappa shape index (κ3) is 6.34. The monoisotopic (exact) mass is 395 g/mol. The Balaban J connectivity index is 2.39. The maximum atomic E-state index is 13.3. The number of amides is 2. The predicted molar refractivity (Wildman–Crippen MR) is 120 cm³/mol. The van der Waals surface area contributed by atoms with E-state index in [2.05, 4.69) is 19.2 Å². The van der Waals surface area contributed by atoms with Gasteiger partial charge < -0.3 is 15.1 Å². The summed E-state index contributed by atoms with van der Waals surface area (Å²) < 4.78 is 0. The Bertz CT molecular complexity index is 859. The van der Waals surface area contributed by atoms with Gasteiger partial charge >= 0.3 is 0 Å². The zero-order valence-electron chi connectivity index (χ0n) is 18.5.